The maximum atomic E-state index is 4.81. The summed E-state index contributed by atoms with van der Waals surface area (Å²) in [5, 5.41) is 0. The fourth-order valence-corrected chi connectivity index (χ4v) is 0.898. The summed E-state index contributed by atoms with van der Waals surface area (Å²) in [5.74, 6) is 0. The number of hydrogen-bond donors (Lipinski definition) is 0. The Morgan fingerprint density at radius 1 is 1.00 bits per heavy atom. The van der Waals surface area contributed by atoms with Crippen molar-refractivity contribution in [1.82, 2.24) is 0 Å². The van der Waals surface area contributed by atoms with E-state index in [-0.39, 0.29) is 15.9 Å². The molecule has 0 bridgehead atoms. The van der Waals surface area contributed by atoms with Gasteiger partial charge in [0.05, 0.1) is 0 Å². The molecule has 0 saturated heterocycles. The Bertz CT molecular complexity index is 34.8. The minimum absolute atomic E-state index is 0.106. The monoisotopic (exact) mass is 259 g/mol. The Morgan fingerprint density at radius 3 is 1.56 bits per heavy atom. The zero-order valence-corrected chi connectivity index (χ0v) is 8.25. The molecule has 0 radical (unpaired) electrons. The van der Waals surface area contributed by atoms with Crippen molar-refractivity contribution in [3.05, 3.63) is 6.42 Å². The second kappa shape index (κ2) is 9.24. The van der Waals surface area contributed by atoms with Gasteiger partial charge in [0.15, 0.2) is 0 Å². The van der Waals surface area contributed by atoms with Crippen LogP contribution in [-0.4, -0.2) is 0 Å². The van der Waals surface area contributed by atoms with E-state index in [2.05, 4.69) is 6.42 Å². The number of rotatable bonds is 0. The first-order valence-corrected chi connectivity index (χ1v) is 7.06. The Kier molecular flexibility index (Phi) is 10.5. The van der Waals surface area contributed by atoms with E-state index in [4.69, 9.17) is 19.1 Å². The molecule has 0 N–H and O–H groups in total. The van der Waals surface area contributed by atoms with Gasteiger partial charge in [0.1, 0.15) is 0 Å². The van der Waals surface area contributed by atoms with E-state index in [0.717, 1.165) is 0 Å². The van der Waals surface area contributed by atoms with Gasteiger partial charge in [0.25, 0.3) is 0 Å². The van der Waals surface area contributed by atoms with Gasteiger partial charge < -0.3 is 6.42 Å². The van der Waals surface area contributed by atoms with Crippen LogP contribution in [0.4, 0.5) is 0 Å². The van der Waals surface area contributed by atoms with E-state index in [1.165, 1.54) is 32.1 Å². The summed E-state index contributed by atoms with van der Waals surface area (Å²) in [6.07, 6.45) is 9.50. The molecule has 0 aliphatic heterocycles. The SMILES string of the molecule is [CH-]1CCCCC1.[Cl][Pd][Cl]. The van der Waals surface area contributed by atoms with Crippen molar-refractivity contribution in [1.29, 1.82) is 0 Å². The van der Waals surface area contributed by atoms with Crippen LogP contribution in [0.5, 0.6) is 0 Å². The van der Waals surface area contributed by atoms with Gasteiger partial charge >= 0.3 is 35.0 Å². The van der Waals surface area contributed by atoms with Crippen molar-refractivity contribution in [3.8, 4) is 0 Å². The topological polar surface area (TPSA) is 0 Å². The Balaban J connectivity index is 0.000000187. The quantitative estimate of drug-likeness (QED) is 0.462. The van der Waals surface area contributed by atoms with Crippen LogP contribution in [0.3, 0.4) is 0 Å². The summed E-state index contributed by atoms with van der Waals surface area (Å²) < 4.78 is 0. The first-order valence-electron chi connectivity index (χ1n) is 3.06. The molecule has 0 atom stereocenters. The Morgan fingerprint density at radius 2 is 1.44 bits per heavy atom. The van der Waals surface area contributed by atoms with Crippen LogP contribution in [0.15, 0.2) is 0 Å². The van der Waals surface area contributed by atoms with Crippen LogP contribution >= 0.6 is 19.1 Å². The summed E-state index contributed by atoms with van der Waals surface area (Å²) in [4.78, 5) is 0. The molecule has 9 heavy (non-hydrogen) atoms. The van der Waals surface area contributed by atoms with E-state index in [1.54, 1.807) is 0 Å². The molecular formula is C6H11Cl2Pd-. The number of halogens is 2. The van der Waals surface area contributed by atoms with Crippen molar-refractivity contribution in [2.75, 3.05) is 0 Å². The van der Waals surface area contributed by atoms with Crippen molar-refractivity contribution in [2.24, 2.45) is 0 Å². The summed E-state index contributed by atoms with van der Waals surface area (Å²) >= 11 is -0.106. The summed E-state index contributed by atoms with van der Waals surface area (Å²) in [5.41, 5.74) is 0. The zero-order chi connectivity index (χ0) is 6.95. The molecule has 60 valence electrons. The van der Waals surface area contributed by atoms with Crippen molar-refractivity contribution in [3.63, 3.8) is 0 Å². The van der Waals surface area contributed by atoms with Crippen molar-refractivity contribution >= 4 is 19.1 Å². The minimum atomic E-state index is -0.106. The molecule has 0 nitrogen and oxygen atoms in total. The summed E-state index contributed by atoms with van der Waals surface area (Å²) in [6.45, 7) is 0. The predicted octanol–water partition coefficient (Wildman–Crippen LogP) is 3.53. The van der Waals surface area contributed by atoms with Gasteiger partial charge in [-0.1, -0.05) is 19.3 Å². The molecular weight excluding hydrogens is 249 g/mol. The summed E-state index contributed by atoms with van der Waals surface area (Å²) in [6, 6.07) is 0. The van der Waals surface area contributed by atoms with E-state index >= 15 is 0 Å². The van der Waals surface area contributed by atoms with Gasteiger partial charge in [-0.15, -0.1) is 0 Å². The molecule has 1 aliphatic rings. The first-order chi connectivity index (χ1) is 4.41. The van der Waals surface area contributed by atoms with Gasteiger partial charge in [0, 0.05) is 0 Å². The molecule has 1 rings (SSSR count). The molecule has 1 fully saturated rings. The second-order valence-corrected chi connectivity index (χ2v) is 4.33. The molecule has 0 aromatic heterocycles. The standard InChI is InChI=1S/C6H11.2ClH.Pd/c1-2-4-6-5-3-1;;;/h1H,2-6H2;2*1H;/q-1;;;+2/p-2. The normalized spacial score (nSPS) is 18.4. The predicted molar refractivity (Wildman–Crippen MR) is 39.1 cm³/mol. The van der Waals surface area contributed by atoms with Crippen LogP contribution in [-0.2, 0) is 15.9 Å². The van der Waals surface area contributed by atoms with Gasteiger partial charge in [-0.3, -0.25) is 0 Å². The fourth-order valence-electron chi connectivity index (χ4n) is 0.898. The van der Waals surface area contributed by atoms with E-state index in [9.17, 15) is 0 Å². The Hall–Kier alpha value is 1.24. The molecule has 0 unspecified atom stereocenters. The molecule has 0 amide bonds. The number of hydrogen-bond acceptors (Lipinski definition) is 0. The third-order valence-electron chi connectivity index (χ3n) is 1.32. The van der Waals surface area contributed by atoms with Gasteiger partial charge in [0.2, 0.25) is 0 Å². The van der Waals surface area contributed by atoms with E-state index < -0.39 is 0 Å². The molecule has 0 aromatic carbocycles. The summed E-state index contributed by atoms with van der Waals surface area (Å²) in [7, 11) is 9.63. The zero-order valence-electron chi connectivity index (χ0n) is 5.19. The Labute approximate surface area is 73.4 Å². The van der Waals surface area contributed by atoms with E-state index in [1.807, 2.05) is 0 Å². The average Bonchev–Trinajstić information content (AvgIpc) is 1.93. The maximum absolute atomic E-state index is 4.81. The molecule has 0 spiro atoms. The van der Waals surface area contributed by atoms with Crippen LogP contribution in [0.1, 0.15) is 32.1 Å². The van der Waals surface area contributed by atoms with Gasteiger partial charge in [-0.25, -0.2) is 0 Å². The van der Waals surface area contributed by atoms with Crippen LogP contribution < -0.4 is 0 Å². The third kappa shape index (κ3) is 9.24. The van der Waals surface area contributed by atoms with E-state index in [0.29, 0.717) is 0 Å². The molecule has 1 aliphatic carbocycles. The molecule has 0 aromatic rings. The average molecular weight is 260 g/mol. The fraction of sp³-hybridized carbons (Fsp3) is 0.833. The molecule has 3 heteroatoms. The molecule has 0 heterocycles. The van der Waals surface area contributed by atoms with Crippen molar-refractivity contribution in [2.45, 2.75) is 32.1 Å². The third-order valence-corrected chi connectivity index (χ3v) is 1.32. The first kappa shape index (κ1) is 10.2. The van der Waals surface area contributed by atoms with Gasteiger partial charge in [-0.05, 0) is 0 Å². The van der Waals surface area contributed by atoms with Gasteiger partial charge in [-0.2, -0.15) is 12.8 Å². The molecule has 1 saturated carbocycles. The van der Waals surface area contributed by atoms with Crippen LogP contribution in [0, 0.1) is 6.42 Å². The van der Waals surface area contributed by atoms with Crippen LogP contribution in [0.25, 0.3) is 0 Å². The van der Waals surface area contributed by atoms with Crippen molar-refractivity contribution < 1.29 is 15.9 Å². The second-order valence-electron chi connectivity index (χ2n) is 1.97. The van der Waals surface area contributed by atoms with Crippen LogP contribution in [0.2, 0.25) is 0 Å².